The number of H-pyrrole nitrogens is 1. The number of phenols is 1. The highest BCUT2D eigenvalue weighted by Crippen LogP contribution is 2.35. The third kappa shape index (κ3) is 1.12. The molecule has 0 radical (unpaired) electrons. The molecule has 0 aliphatic carbocycles. The Morgan fingerprint density at radius 1 is 0.667 bits per heavy atom. The van der Waals surface area contributed by atoms with E-state index in [0.29, 0.717) is 5.75 Å². The molecular formula is C16H11NO. The fourth-order valence-corrected chi connectivity index (χ4v) is 2.69. The monoisotopic (exact) mass is 233 g/mol. The van der Waals surface area contributed by atoms with Gasteiger partial charge in [0.15, 0.2) is 0 Å². The molecule has 1 heterocycles. The van der Waals surface area contributed by atoms with Crippen molar-refractivity contribution < 1.29 is 5.11 Å². The molecule has 3 aromatic carbocycles. The fourth-order valence-electron chi connectivity index (χ4n) is 2.69. The molecule has 0 aliphatic heterocycles. The molecule has 0 fully saturated rings. The van der Waals surface area contributed by atoms with E-state index in [2.05, 4.69) is 23.2 Å². The van der Waals surface area contributed by atoms with Gasteiger partial charge in [-0.15, -0.1) is 0 Å². The smallest absolute Gasteiger partial charge is 0.123 e. The number of benzene rings is 3. The fraction of sp³-hybridized carbons (Fsp3) is 0. The maximum absolute atomic E-state index is 9.93. The Labute approximate surface area is 103 Å². The van der Waals surface area contributed by atoms with E-state index in [9.17, 15) is 5.11 Å². The van der Waals surface area contributed by atoms with Gasteiger partial charge in [0.05, 0.1) is 0 Å². The van der Waals surface area contributed by atoms with Crippen LogP contribution in [0.1, 0.15) is 0 Å². The summed E-state index contributed by atoms with van der Waals surface area (Å²) in [6.07, 6.45) is 0. The molecule has 86 valence electrons. The predicted octanol–water partition coefficient (Wildman–Crippen LogP) is 4.18. The number of hydrogen-bond acceptors (Lipinski definition) is 1. The van der Waals surface area contributed by atoms with Crippen LogP contribution in [-0.4, -0.2) is 10.1 Å². The number of phenolic OH excluding ortho intramolecular Hbond substituents is 1. The predicted molar refractivity (Wildman–Crippen MR) is 75.0 cm³/mol. The summed E-state index contributed by atoms with van der Waals surface area (Å²) in [5, 5.41) is 14.3. The first-order valence-electron chi connectivity index (χ1n) is 5.96. The Balaban J connectivity index is 2.37. The van der Waals surface area contributed by atoms with Crippen LogP contribution in [0.5, 0.6) is 5.75 Å². The molecular weight excluding hydrogens is 222 g/mol. The lowest BCUT2D eigenvalue weighted by atomic mass is 10.0. The van der Waals surface area contributed by atoms with Crippen molar-refractivity contribution in [3.05, 3.63) is 54.6 Å². The Kier molecular flexibility index (Phi) is 1.73. The Morgan fingerprint density at radius 3 is 2.44 bits per heavy atom. The van der Waals surface area contributed by atoms with Crippen LogP contribution in [0, 0.1) is 0 Å². The highest BCUT2D eigenvalue weighted by molar-refractivity contribution is 6.20. The Hall–Kier alpha value is -2.48. The van der Waals surface area contributed by atoms with Crippen molar-refractivity contribution in [3.63, 3.8) is 0 Å². The van der Waals surface area contributed by atoms with Crippen LogP contribution in [0.3, 0.4) is 0 Å². The summed E-state index contributed by atoms with van der Waals surface area (Å²) < 4.78 is 0. The lowest BCUT2D eigenvalue weighted by molar-refractivity contribution is 0.481. The van der Waals surface area contributed by atoms with E-state index in [1.165, 1.54) is 10.8 Å². The second kappa shape index (κ2) is 3.26. The number of aromatic nitrogens is 1. The van der Waals surface area contributed by atoms with Crippen LogP contribution in [0.2, 0.25) is 0 Å². The van der Waals surface area contributed by atoms with Crippen molar-refractivity contribution >= 4 is 32.6 Å². The third-order valence-electron chi connectivity index (χ3n) is 3.50. The summed E-state index contributed by atoms with van der Waals surface area (Å²) in [6, 6.07) is 17.9. The minimum Gasteiger partial charge on any atom is -0.507 e. The number of fused-ring (bicyclic) bond motifs is 5. The second-order valence-corrected chi connectivity index (χ2v) is 4.53. The molecule has 0 saturated heterocycles. The summed E-state index contributed by atoms with van der Waals surface area (Å²) in [6.45, 7) is 0. The van der Waals surface area contributed by atoms with Gasteiger partial charge in [-0.25, -0.2) is 0 Å². The zero-order valence-electron chi connectivity index (χ0n) is 9.64. The first-order chi connectivity index (χ1) is 8.84. The molecule has 0 atom stereocenters. The molecule has 2 heteroatoms. The minimum atomic E-state index is 0.333. The first kappa shape index (κ1) is 9.54. The van der Waals surface area contributed by atoms with E-state index < -0.39 is 0 Å². The highest BCUT2D eigenvalue weighted by atomic mass is 16.3. The van der Waals surface area contributed by atoms with Crippen LogP contribution in [0.4, 0.5) is 0 Å². The van der Waals surface area contributed by atoms with Gasteiger partial charge >= 0.3 is 0 Å². The first-order valence-corrected chi connectivity index (χ1v) is 5.96. The van der Waals surface area contributed by atoms with Crippen molar-refractivity contribution in [3.8, 4) is 5.75 Å². The Morgan fingerprint density at radius 2 is 1.50 bits per heavy atom. The average Bonchev–Trinajstić information content (AvgIpc) is 2.77. The lowest BCUT2D eigenvalue weighted by Gasteiger charge is -2.02. The van der Waals surface area contributed by atoms with Gasteiger partial charge in [-0.3, -0.25) is 0 Å². The van der Waals surface area contributed by atoms with Crippen LogP contribution < -0.4 is 0 Å². The van der Waals surface area contributed by atoms with E-state index in [1.54, 1.807) is 6.07 Å². The maximum Gasteiger partial charge on any atom is 0.123 e. The maximum atomic E-state index is 9.93. The van der Waals surface area contributed by atoms with Crippen molar-refractivity contribution in [1.82, 2.24) is 4.98 Å². The van der Waals surface area contributed by atoms with Crippen molar-refractivity contribution in [2.75, 3.05) is 0 Å². The van der Waals surface area contributed by atoms with E-state index >= 15 is 0 Å². The largest absolute Gasteiger partial charge is 0.507 e. The van der Waals surface area contributed by atoms with Gasteiger partial charge < -0.3 is 10.1 Å². The van der Waals surface area contributed by atoms with Crippen LogP contribution in [0.25, 0.3) is 32.6 Å². The van der Waals surface area contributed by atoms with Gasteiger partial charge in [0.2, 0.25) is 0 Å². The van der Waals surface area contributed by atoms with Crippen LogP contribution >= 0.6 is 0 Å². The molecule has 2 N–H and O–H groups in total. The quantitative estimate of drug-likeness (QED) is 0.469. The topological polar surface area (TPSA) is 36.0 Å². The summed E-state index contributed by atoms with van der Waals surface area (Å²) in [5.74, 6) is 0.333. The molecule has 0 spiro atoms. The number of aromatic amines is 1. The molecule has 0 bridgehead atoms. The molecule has 2 nitrogen and oxygen atoms in total. The lowest BCUT2D eigenvalue weighted by Crippen LogP contribution is -1.75. The van der Waals surface area contributed by atoms with Gasteiger partial charge in [0, 0.05) is 27.2 Å². The van der Waals surface area contributed by atoms with Crippen LogP contribution in [0.15, 0.2) is 54.6 Å². The van der Waals surface area contributed by atoms with E-state index in [4.69, 9.17) is 0 Å². The summed E-state index contributed by atoms with van der Waals surface area (Å²) in [4.78, 5) is 3.41. The van der Waals surface area contributed by atoms with Gasteiger partial charge in [0.1, 0.15) is 5.75 Å². The van der Waals surface area contributed by atoms with Crippen molar-refractivity contribution in [2.24, 2.45) is 0 Å². The van der Waals surface area contributed by atoms with Gasteiger partial charge in [-0.05, 0) is 29.7 Å². The third-order valence-corrected chi connectivity index (χ3v) is 3.50. The zero-order chi connectivity index (χ0) is 12.1. The number of para-hydroxylation sites is 1. The second-order valence-electron chi connectivity index (χ2n) is 4.53. The highest BCUT2D eigenvalue weighted by Gasteiger charge is 2.08. The summed E-state index contributed by atoms with van der Waals surface area (Å²) >= 11 is 0. The molecule has 4 rings (SSSR count). The van der Waals surface area contributed by atoms with E-state index in [1.807, 2.05) is 30.3 Å². The van der Waals surface area contributed by atoms with Crippen molar-refractivity contribution in [2.45, 2.75) is 0 Å². The molecule has 4 aromatic rings. The summed E-state index contributed by atoms with van der Waals surface area (Å²) in [5.41, 5.74) is 2.23. The van der Waals surface area contributed by atoms with Crippen molar-refractivity contribution in [1.29, 1.82) is 0 Å². The SMILES string of the molecule is Oc1cccc2c1ccc1[nH]c3ccccc3c12. The van der Waals surface area contributed by atoms with E-state index in [0.717, 1.165) is 21.8 Å². The molecule has 18 heavy (non-hydrogen) atoms. The van der Waals surface area contributed by atoms with Gasteiger partial charge in [0.25, 0.3) is 0 Å². The number of rotatable bonds is 0. The molecule has 1 aromatic heterocycles. The number of aromatic hydroxyl groups is 1. The Bertz CT molecular complexity index is 889. The average molecular weight is 233 g/mol. The molecule has 0 unspecified atom stereocenters. The summed E-state index contributed by atoms with van der Waals surface area (Å²) in [7, 11) is 0. The zero-order valence-corrected chi connectivity index (χ0v) is 9.64. The van der Waals surface area contributed by atoms with E-state index in [-0.39, 0.29) is 0 Å². The van der Waals surface area contributed by atoms with Gasteiger partial charge in [-0.1, -0.05) is 30.3 Å². The number of nitrogens with one attached hydrogen (secondary N) is 1. The molecule has 0 aliphatic rings. The minimum absolute atomic E-state index is 0.333. The standard InChI is InChI=1S/C16H11NO/c18-15-7-3-5-11-10(15)8-9-14-16(11)12-4-1-2-6-13(12)17-14/h1-9,17-18H. The number of hydrogen-bond donors (Lipinski definition) is 2. The normalized spacial score (nSPS) is 11.6. The molecule has 0 amide bonds. The van der Waals surface area contributed by atoms with Gasteiger partial charge in [-0.2, -0.15) is 0 Å². The molecule has 0 saturated carbocycles. The van der Waals surface area contributed by atoms with Crippen LogP contribution in [-0.2, 0) is 0 Å².